The fraction of sp³-hybridized carbons (Fsp3) is 1.00. The zero-order valence-corrected chi connectivity index (χ0v) is 9.53. The summed E-state index contributed by atoms with van der Waals surface area (Å²) in [7, 11) is 0. The van der Waals surface area contributed by atoms with Gasteiger partial charge in [0.1, 0.15) is 0 Å². The molecule has 1 N–H and O–H groups in total. The van der Waals surface area contributed by atoms with Crippen molar-refractivity contribution in [3.05, 3.63) is 0 Å². The maximum absolute atomic E-state index is 9.44. The van der Waals surface area contributed by atoms with Crippen LogP contribution in [-0.4, -0.2) is 58.8 Å². The zero-order chi connectivity index (χ0) is 10.3. The minimum Gasteiger partial charge on any atom is -0.392 e. The number of rotatable bonds is 1. The molecule has 0 radical (unpaired) electrons. The molecule has 1 atom stereocenters. The van der Waals surface area contributed by atoms with Crippen molar-refractivity contribution in [3.8, 4) is 0 Å². The van der Waals surface area contributed by atoms with Crippen LogP contribution in [0.1, 0.15) is 27.2 Å². The summed E-state index contributed by atoms with van der Waals surface area (Å²) in [4.78, 5) is 4.94. The smallest absolute Gasteiger partial charge is 0.0679 e. The predicted molar refractivity (Wildman–Crippen MR) is 57.3 cm³/mol. The molecule has 0 aliphatic carbocycles. The van der Waals surface area contributed by atoms with Crippen LogP contribution in [0.4, 0.5) is 0 Å². The van der Waals surface area contributed by atoms with Crippen molar-refractivity contribution < 1.29 is 5.11 Å². The van der Waals surface area contributed by atoms with Gasteiger partial charge in [0.25, 0.3) is 0 Å². The molecule has 82 valence electrons. The van der Waals surface area contributed by atoms with E-state index < -0.39 is 0 Å². The predicted octanol–water partition coefficient (Wildman–Crippen LogP) is 0.536. The van der Waals surface area contributed by atoms with Gasteiger partial charge in [-0.25, -0.2) is 0 Å². The van der Waals surface area contributed by atoms with Crippen molar-refractivity contribution in [3.63, 3.8) is 0 Å². The third-order valence-electron chi connectivity index (χ3n) is 3.52. The minimum atomic E-state index is -0.0707. The summed E-state index contributed by atoms with van der Waals surface area (Å²) in [6.07, 6.45) is 0.894. The van der Waals surface area contributed by atoms with E-state index in [1.54, 1.807) is 0 Å². The number of β-amino-alcohol motifs (C(OH)–C–C–N with tert-alkyl or cyclic N) is 1. The largest absolute Gasteiger partial charge is 0.392 e. The molecule has 2 aliphatic rings. The number of nitrogens with zero attached hydrogens (tertiary/aromatic N) is 2. The molecule has 3 nitrogen and oxygen atoms in total. The van der Waals surface area contributed by atoms with Gasteiger partial charge in [-0.15, -0.1) is 0 Å². The van der Waals surface area contributed by atoms with Crippen molar-refractivity contribution in [2.75, 3.05) is 26.2 Å². The molecule has 2 heterocycles. The fourth-order valence-electron chi connectivity index (χ4n) is 2.33. The van der Waals surface area contributed by atoms with E-state index in [1.165, 1.54) is 13.1 Å². The third kappa shape index (κ3) is 1.95. The molecule has 2 fully saturated rings. The second kappa shape index (κ2) is 3.47. The van der Waals surface area contributed by atoms with Gasteiger partial charge in [0, 0.05) is 37.8 Å². The number of aliphatic hydroxyl groups is 1. The summed E-state index contributed by atoms with van der Waals surface area (Å²) in [5, 5.41) is 9.44. The Kier molecular flexibility index (Phi) is 2.58. The number of hydrogen-bond acceptors (Lipinski definition) is 3. The van der Waals surface area contributed by atoms with Crippen molar-refractivity contribution in [1.29, 1.82) is 0 Å². The summed E-state index contributed by atoms with van der Waals surface area (Å²) in [5.74, 6) is 0. The molecule has 1 unspecified atom stereocenters. The summed E-state index contributed by atoms with van der Waals surface area (Å²) >= 11 is 0. The fourth-order valence-corrected chi connectivity index (χ4v) is 2.33. The van der Waals surface area contributed by atoms with Crippen LogP contribution in [0.3, 0.4) is 0 Å². The molecule has 0 amide bonds. The van der Waals surface area contributed by atoms with Gasteiger partial charge in [-0.2, -0.15) is 0 Å². The lowest BCUT2D eigenvalue weighted by atomic mass is 9.97. The van der Waals surface area contributed by atoms with Crippen molar-refractivity contribution in [1.82, 2.24) is 9.80 Å². The van der Waals surface area contributed by atoms with Gasteiger partial charge in [-0.3, -0.25) is 9.80 Å². The third-order valence-corrected chi connectivity index (χ3v) is 3.52. The van der Waals surface area contributed by atoms with Gasteiger partial charge in [0.2, 0.25) is 0 Å². The van der Waals surface area contributed by atoms with Crippen LogP contribution in [-0.2, 0) is 0 Å². The lowest BCUT2D eigenvalue weighted by Gasteiger charge is -2.50. The van der Waals surface area contributed by atoms with Gasteiger partial charge in [-0.05, 0) is 27.2 Å². The van der Waals surface area contributed by atoms with Gasteiger partial charge >= 0.3 is 0 Å². The summed E-state index contributed by atoms with van der Waals surface area (Å²) in [6, 6.07) is 0.700. The Morgan fingerprint density at radius 3 is 2.21 bits per heavy atom. The summed E-state index contributed by atoms with van der Waals surface area (Å²) < 4.78 is 0. The van der Waals surface area contributed by atoms with E-state index in [1.807, 2.05) is 0 Å². The Morgan fingerprint density at radius 1 is 1.14 bits per heavy atom. The maximum atomic E-state index is 9.44. The molecule has 2 saturated heterocycles. The second-order valence-electron chi connectivity index (χ2n) is 5.67. The van der Waals surface area contributed by atoms with E-state index in [9.17, 15) is 5.11 Å². The zero-order valence-electron chi connectivity index (χ0n) is 9.53. The molecule has 0 aromatic rings. The summed E-state index contributed by atoms with van der Waals surface area (Å²) in [5.41, 5.74) is 0.314. The van der Waals surface area contributed by atoms with Crippen molar-refractivity contribution >= 4 is 0 Å². The Bertz CT molecular complexity index is 206. The molecular formula is C11H22N2O. The molecule has 0 aromatic carbocycles. The van der Waals surface area contributed by atoms with E-state index in [0.717, 1.165) is 19.5 Å². The highest BCUT2D eigenvalue weighted by Crippen LogP contribution is 2.26. The second-order valence-corrected chi connectivity index (χ2v) is 5.67. The van der Waals surface area contributed by atoms with Crippen molar-refractivity contribution in [2.45, 2.75) is 44.9 Å². The molecule has 0 bridgehead atoms. The topological polar surface area (TPSA) is 26.7 Å². The van der Waals surface area contributed by atoms with Crippen LogP contribution in [0.2, 0.25) is 0 Å². The van der Waals surface area contributed by atoms with Crippen LogP contribution in [0.15, 0.2) is 0 Å². The van der Waals surface area contributed by atoms with Crippen LogP contribution in [0.5, 0.6) is 0 Å². The van der Waals surface area contributed by atoms with Crippen LogP contribution >= 0.6 is 0 Å². The average Bonchev–Trinajstić information content (AvgIpc) is 2.28. The molecule has 2 aliphatic heterocycles. The van der Waals surface area contributed by atoms with E-state index >= 15 is 0 Å². The summed E-state index contributed by atoms with van der Waals surface area (Å²) in [6.45, 7) is 11.1. The minimum absolute atomic E-state index is 0.0707. The maximum Gasteiger partial charge on any atom is 0.0679 e. The first kappa shape index (κ1) is 10.4. The number of likely N-dealkylation sites (tertiary alicyclic amines) is 2. The first-order chi connectivity index (χ1) is 6.47. The molecular weight excluding hydrogens is 176 g/mol. The van der Waals surface area contributed by atoms with Crippen LogP contribution in [0, 0.1) is 0 Å². The van der Waals surface area contributed by atoms with Crippen LogP contribution < -0.4 is 0 Å². The average molecular weight is 198 g/mol. The molecule has 0 spiro atoms. The quantitative estimate of drug-likeness (QED) is 0.666. The highest BCUT2D eigenvalue weighted by molar-refractivity contribution is 4.96. The van der Waals surface area contributed by atoms with Gasteiger partial charge < -0.3 is 5.11 Å². The highest BCUT2D eigenvalue weighted by atomic mass is 16.3. The highest BCUT2D eigenvalue weighted by Gasteiger charge is 2.39. The Labute approximate surface area is 86.7 Å². The molecule has 2 rings (SSSR count). The van der Waals surface area contributed by atoms with E-state index in [4.69, 9.17) is 0 Å². The molecule has 0 saturated carbocycles. The molecule has 14 heavy (non-hydrogen) atoms. The Hall–Kier alpha value is -0.120. The Balaban J connectivity index is 1.78. The van der Waals surface area contributed by atoms with E-state index in [2.05, 4.69) is 30.6 Å². The van der Waals surface area contributed by atoms with Gasteiger partial charge in [0.05, 0.1) is 6.10 Å². The number of aliphatic hydroxyl groups excluding tert-OH is 1. The monoisotopic (exact) mass is 198 g/mol. The first-order valence-electron chi connectivity index (χ1n) is 5.64. The van der Waals surface area contributed by atoms with Gasteiger partial charge in [0.15, 0.2) is 0 Å². The normalized spacial score (nSPS) is 32.1. The van der Waals surface area contributed by atoms with E-state index in [0.29, 0.717) is 11.6 Å². The molecule has 0 aromatic heterocycles. The molecule has 3 heteroatoms. The van der Waals surface area contributed by atoms with Gasteiger partial charge in [-0.1, -0.05) is 0 Å². The first-order valence-corrected chi connectivity index (χ1v) is 5.64. The number of hydrogen-bond donors (Lipinski definition) is 1. The standard InChI is InChI=1S/C11H22N2O/c1-11(2,3)13-6-9(7-13)12-5-4-10(14)8-12/h9-10,14H,4-8H2,1-3H3. The van der Waals surface area contributed by atoms with E-state index in [-0.39, 0.29) is 6.10 Å². The lowest BCUT2D eigenvalue weighted by molar-refractivity contribution is -0.0172. The lowest BCUT2D eigenvalue weighted by Crippen LogP contribution is -2.64. The van der Waals surface area contributed by atoms with Crippen molar-refractivity contribution in [2.24, 2.45) is 0 Å². The van der Waals surface area contributed by atoms with Crippen LogP contribution in [0.25, 0.3) is 0 Å². The SMILES string of the molecule is CC(C)(C)N1CC(N2CCC(O)C2)C1. The Morgan fingerprint density at radius 2 is 1.79 bits per heavy atom.